The molecule has 0 saturated heterocycles. The molecule has 2 N–H and O–H groups in total. The molecule has 0 aliphatic heterocycles. The number of thiazole rings is 1. The highest BCUT2D eigenvalue weighted by Crippen LogP contribution is 2.29. The van der Waals surface area contributed by atoms with Gasteiger partial charge in [0, 0.05) is 16.1 Å². The molecular formula is C17H22N4O2S. The summed E-state index contributed by atoms with van der Waals surface area (Å²) in [5.74, 6) is 0.373. The number of aryl methyl sites for hydroxylation is 4. The highest BCUT2D eigenvalue weighted by Gasteiger charge is 2.20. The van der Waals surface area contributed by atoms with E-state index in [-0.39, 0.29) is 23.9 Å². The van der Waals surface area contributed by atoms with Crippen molar-refractivity contribution < 1.29 is 4.79 Å². The van der Waals surface area contributed by atoms with Crippen LogP contribution in [0.4, 0.5) is 0 Å². The van der Waals surface area contributed by atoms with Crippen molar-refractivity contribution in [3.05, 3.63) is 43.0 Å². The summed E-state index contributed by atoms with van der Waals surface area (Å²) in [4.78, 5) is 37.2. The maximum atomic E-state index is 12.3. The van der Waals surface area contributed by atoms with Crippen molar-refractivity contribution in [1.82, 2.24) is 20.3 Å². The van der Waals surface area contributed by atoms with E-state index in [0.29, 0.717) is 17.1 Å². The van der Waals surface area contributed by atoms with Crippen LogP contribution in [-0.4, -0.2) is 20.9 Å². The number of carbonyl (C=O) groups is 1. The average Bonchev–Trinajstić information content (AvgIpc) is 2.95. The molecule has 7 heteroatoms. The van der Waals surface area contributed by atoms with Crippen molar-refractivity contribution in [2.45, 2.75) is 58.9 Å². The van der Waals surface area contributed by atoms with Gasteiger partial charge in [-0.15, -0.1) is 11.3 Å². The number of amides is 1. The number of nitrogens with one attached hydrogen (secondary N) is 2. The van der Waals surface area contributed by atoms with Crippen LogP contribution in [0.2, 0.25) is 0 Å². The SMILES string of the molecule is Cc1nc(C)c(CC(=O)N[C@H](C)c2nc3c(s2)CCCC3)c(=O)[nH]1. The summed E-state index contributed by atoms with van der Waals surface area (Å²) in [5.41, 5.74) is 1.97. The van der Waals surface area contributed by atoms with Gasteiger partial charge in [-0.1, -0.05) is 0 Å². The maximum absolute atomic E-state index is 12.3. The lowest BCUT2D eigenvalue weighted by atomic mass is 10.0. The summed E-state index contributed by atoms with van der Waals surface area (Å²) in [6, 6.07) is -0.147. The predicted octanol–water partition coefficient (Wildman–Crippen LogP) is 2.14. The minimum Gasteiger partial charge on any atom is -0.347 e. The third-order valence-corrected chi connectivity index (χ3v) is 5.63. The van der Waals surface area contributed by atoms with E-state index in [4.69, 9.17) is 0 Å². The van der Waals surface area contributed by atoms with E-state index in [1.54, 1.807) is 25.2 Å². The molecule has 1 aliphatic carbocycles. The Balaban J connectivity index is 1.68. The van der Waals surface area contributed by atoms with Crippen LogP contribution in [0.15, 0.2) is 4.79 Å². The Morgan fingerprint density at radius 3 is 2.75 bits per heavy atom. The van der Waals surface area contributed by atoms with Gasteiger partial charge in [0.05, 0.1) is 18.2 Å². The maximum Gasteiger partial charge on any atom is 0.254 e. The van der Waals surface area contributed by atoms with Gasteiger partial charge in [-0.25, -0.2) is 9.97 Å². The number of rotatable bonds is 4. The lowest BCUT2D eigenvalue weighted by Crippen LogP contribution is -2.31. The number of carbonyl (C=O) groups excluding carboxylic acids is 1. The fourth-order valence-electron chi connectivity index (χ4n) is 3.03. The molecule has 0 spiro atoms. The summed E-state index contributed by atoms with van der Waals surface area (Å²) in [5, 5.41) is 3.90. The van der Waals surface area contributed by atoms with E-state index >= 15 is 0 Å². The molecule has 6 nitrogen and oxygen atoms in total. The molecule has 1 atom stereocenters. The zero-order valence-electron chi connectivity index (χ0n) is 14.2. The third kappa shape index (κ3) is 3.56. The Hall–Kier alpha value is -2.02. The van der Waals surface area contributed by atoms with Crippen LogP contribution in [0.5, 0.6) is 0 Å². The number of aromatic nitrogens is 3. The topological polar surface area (TPSA) is 87.7 Å². The quantitative estimate of drug-likeness (QED) is 0.888. The number of hydrogen-bond acceptors (Lipinski definition) is 5. The van der Waals surface area contributed by atoms with Crippen LogP contribution in [0.1, 0.15) is 58.5 Å². The molecule has 1 aliphatic rings. The molecule has 0 unspecified atom stereocenters. The zero-order chi connectivity index (χ0) is 17.3. The van der Waals surface area contributed by atoms with Gasteiger partial charge in [0.25, 0.3) is 5.56 Å². The van der Waals surface area contributed by atoms with Gasteiger partial charge >= 0.3 is 0 Å². The Labute approximate surface area is 144 Å². The lowest BCUT2D eigenvalue weighted by molar-refractivity contribution is -0.121. The highest BCUT2D eigenvalue weighted by molar-refractivity contribution is 7.11. The molecule has 3 rings (SSSR count). The van der Waals surface area contributed by atoms with Crippen molar-refractivity contribution in [1.29, 1.82) is 0 Å². The molecule has 0 bridgehead atoms. The summed E-state index contributed by atoms with van der Waals surface area (Å²) >= 11 is 1.69. The van der Waals surface area contributed by atoms with E-state index in [1.165, 1.54) is 23.4 Å². The first-order valence-corrected chi connectivity index (χ1v) is 9.10. The molecule has 2 heterocycles. The number of H-pyrrole nitrogens is 1. The van der Waals surface area contributed by atoms with Crippen molar-refractivity contribution in [2.75, 3.05) is 0 Å². The molecule has 0 radical (unpaired) electrons. The predicted molar refractivity (Wildman–Crippen MR) is 93.3 cm³/mol. The van der Waals surface area contributed by atoms with Crippen molar-refractivity contribution in [2.24, 2.45) is 0 Å². The number of aromatic amines is 1. The second kappa shape index (κ2) is 6.84. The Morgan fingerprint density at radius 2 is 2.04 bits per heavy atom. The molecule has 0 fully saturated rings. The van der Waals surface area contributed by atoms with E-state index < -0.39 is 0 Å². The Bertz CT molecular complexity index is 801. The average molecular weight is 346 g/mol. The number of hydrogen-bond donors (Lipinski definition) is 2. The zero-order valence-corrected chi connectivity index (χ0v) is 15.0. The van der Waals surface area contributed by atoms with Crippen LogP contribution >= 0.6 is 11.3 Å². The monoisotopic (exact) mass is 346 g/mol. The van der Waals surface area contributed by atoms with Gasteiger partial charge in [-0.2, -0.15) is 0 Å². The van der Waals surface area contributed by atoms with Crippen molar-refractivity contribution in [3.63, 3.8) is 0 Å². The van der Waals surface area contributed by atoms with Gasteiger partial charge < -0.3 is 10.3 Å². The molecule has 0 saturated carbocycles. The first-order chi connectivity index (χ1) is 11.4. The molecule has 2 aromatic heterocycles. The normalized spacial score (nSPS) is 15.0. The molecule has 2 aromatic rings. The van der Waals surface area contributed by atoms with Crippen LogP contribution in [0.3, 0.4) is 0 Å². The second-order valence-corrected chi connectivity index (χ2v) is 7.43. The van der Waals surface area contributed by atoms with E-state index in [1.807, 2.05) is 6.92 Å². The van der Waals surface area contributed by atoms with Crippen LogP contribution < -0.4 is 10.9 Å². The largest absolute Gasteiger partial charge is 0.347 e. The molecule has 24 heavy (non-hydrogen) atoms. The van der Waals surface area contributed by atoms with Gasteiger partial charge in [-0.3, -0.25) is 9.59 Å². The minimum absolute atomic E-state index is 0.0316. The molecule has 0 aromatic carbocycles. The minimum atomic E-state index is -0.243. The van der Waals surface area contributed by atoms with E-state index in [9.17, 15) is 9.59 Å². The van der Waals surface area contributed by atoms with Crippen molar-refractivity contribution >= 4 is 17.2 Å². The first kappa shape index (κ1) is 16.8. The molecule has 128 valence electrons. The van der Waals surface area contributed by atoms with E-state index in [0.717, 1.165) is 17.8 Å². The number of fused-ring (bicyclic) bond motifs is 1. The van der Waals surface area contributed by atoms with Gasteiger partial charge in [0.1, 0.15) is 10.8 Å². The van der Waals surface area contributed by atoms with Crippen LogP contribution in [0, 0.1) is 13.8 Å². The smallest absolute Gasteiger partial charge is 0.254 e. The lowest BCUT2D eigenvalue weighted by Gasteiger charge is -2.12. The van der Waals surface area contributed by atoms with Gasteiger partial charge in [0.15, 0.2) is 0 Å². The van der Waals surface area contributed by atoms with E-state index in [2.05, 4.69) is 20.3 Å². The van der Waals surface area contributed by atoms with Crippen LogP contribution in [-0.2, 0) is 24.1 Å². The Kier molecular flexibility index (Phi) is 4.80. The Morgan fingerprint density at radius 1 is 1.29 bits per heavy atom. The standard InChI is InChI=1S/C17H22N4O2S/c1-9-12(16(23)20-11(3)18-9)8-15(22)19-10(2)17-21-13-6-4-5-7-14(13)24-17/h10H,4-8H2,1-3H3,(H,19,22)(H,18,20,23)/t10-/m1/s1. The molecule has 1 amide bonds. The summed E-state index contributed by atoms with van der Waals surface area (Å²) in [7, 11) is 0. The summed E-state index contributed by atoms with van der Waals surface area (Å²) in [6.07, 6.45) is 4.58. The molecular weight excluding hydrogens is 324 g/mol. The van der Waals surface area contributed by atoms with Crippen LogP contribution in [0.25, 0.3) is 0 Å². The second-order valence-electron chi connectivity index (χ2n) is 6.31. The highest BCUT2D eigenvalue weighted by atomic mass is 32.1. The summed E-state index contributed by atoms with van der Waals surface area (Å²) < 4.78 is 0. The van der Waals surface area contributed by atoms with Gasteiger partial charge in [-0.05, 0) is 46.5 Å². The first-order valence-electron chi connectivity index (χ1n) is 8.28. The third-order valence-electron chi connectivity index (χ3n) is 4.29. The summed E-state index contributed by atoms with van der Waals surface area (Å²) in [6.45, 7) is 5.42. The fraction of sp³-hybridized carbons (Fsp3) is 0.529. The van der Waals surface area contributed by atoms with Gasteiger partial charge in [0.2, 0.25) is 5.91 Å². The van der Waals surface area contributed by atoms with Crippen molar-refractivity contribution in [3.8, 4) is 0 Å². The number of nitrogens with zero attached hydrogens (tertiary/aromatic N) is 2. The fourth-order valence-corrected chi connectivity index (χ4v) is 4.19.